The van der Waals surface area contributed by atoms with Gasteiger partial charge in [0.25, 0.3) is 0 Å². The quantitative estimate of drug-likeness (QED) is 0.790. The standard InChI is InChI=1S/C16H15ClN4/c1-21(2)15-13-5-3-4-6-14(13)19-16(20-15)18-12-9-7-11(17)8-10-12/h3-10H,1-2H3,(H,18,19,20). The van der Waals surface area contributed by atoms with Gasteiger partial charge in [0.1, 0.15) is 5.82 Å². The zero-order valence-corrected chi connectivity index (χ0v) is 12.6. The van der Waals surface area contributed by atoms with E-state index in [4.69, 9.17) is 11.6 Å². The number of anilines is 3. The van der Waals surface area contributed by atoms with E-state index in [0.717, 1.165) is 22.4 Å². The number of para-hydroxylation sites is 1. The van der Waals surface area contributed by atoms with Gasteiger partial charge in [-0.25, -0.2) is 4.98 Å². The van der Waals surface area contributed by atoms with E-state index in [1.807, 2.05) is 67.5 Å². The van der Waals surface area contributed by atoms with Gasteiger partial charge in [0.2, 0.25) is 5.95 Å². The first kappa shape index (κ1) is 13.6. The van der Waals surface area contributed by atoms with Crippen LogP contribution in [0.15, 0.2) is 48.5 Å². The van der Waals surface area contributed by atoms with E-state index in [2.05, 4.69) is 15.3 Å². The Labute approximate surface area is 128 Å². The Morgan fingerprint density at radius 1 is 0.952 bits per heavy atom. The third kappa shape index (κ3) is 2.90. The van der Waals surface area contributed by atoms with E-state index in [0.29, 0.717) is 11.0 Å². The molecule has 0 saturated heterocycles. The van der Waals surface area contributed by atoms with Crippen molar-refractivity contribution >= 4 is 40.0 Å². The normalized spacial score (nSPS) is 10.6. The first-order chi connectivity index (χ1) is 10.1. The summed E-state index contributed by atoms with van der Waals surface area (Å²) < 4.78 is 0. The van der Waals surface area contributed by atoms with Gasteiger partial charge in [0.05, 0.1) is 5.52 Å². The smallest absolute Gasteiger partial charge is 0.229 e. The predicted molar refractivity (Wildman–Crippen MR) is 88.6 cm³/mol. The van der Waals surface area contributed by atoms with E-state index in [1.54, 1.807) is 0 Å². The average Bonchev–Trinajstić information content (AvgIpc) is 2.48. The Morgan fingerprint density at radius 2 is 1.67 bits per heavy atom. The lowest BCUT2D eigenvalue weighted by Gasteiger charge is -2.15. The van der Waals surface area contributed by atoms with Crippen molar-refractivity contribution < 1.29 is 0 Å². The molecule has 2 aromatic carbocycles. The Balaban J connectivity index is 2.04. The maximum Gasteiger partial charge on any atom is 0.229 e. The number of rotatable bonds is 3. The second-order valence-corrected chi connectivity index (χ2v) is 5.35. The van der Waals surface area contributed by atoms with E-state index in [1.165, 1.54) is 0 Å². The highest BCUT2D eigenvalue weighted by Gasteiger charge is 2.09. The number of nitrogens with zero attached hydrogens (tertiary/aromatic N) is 3. The zero-order valence-electron chi connectivity index (χ0n) is 11.8. The second kappa shape index (κ2) is 5.58. The molecule has 3 aromatic rings. The van der Waals surface area contributed by atoms with E-state index < -0.39 is 0 Å². The fraction of sp³-hybridized carbons (Fsp3) is 0.125. The van der Waals surface area contributed by atoms with E-state index in [9.17, 15) is 0 Å². The topological polar surface area (TPSA) is 41.1 Å². The van der Waals surface area contributed by atoms with Crippen molar-refractivity contribution in [1.29, 1.82) is 0 Å². The van der Waals surface area contributed by atoms with E-state index in [-0.39, 0.29) is 0 Å². The number of hydrogen-bond donors (Lipinski definition) is 1. The number of halogens is 1. The molecule has 106 valence electrons. The molecule has 0 atom stereocenters. The van der Waals surface area contributed by atoms with Gasteiger partial charge in [-0.1, -0.05) is 23.7 Å². The summed E-state index contributed by atoms with van der Waals surface area (Å²) in [4.78, 5) is 11.1. The van der Waals surface area contributed by atoms with Gasteiger partial charge in [-0.15, -0.1) is 0 Å². The molecule has 0 radical (unpaired) electrons. The number of fused-ring (bicyclic) bond motifs is 1. The maximum atomic E-state index is 5.89. The summed E-state index contributed by atoms with van der Waals surface area (Å²) in [5.41, 5.74) is 1.81. The monoisotopic (exact) mass is 298 g/mol. The average molecular weight is 299 g/mol. The van der Waals surface area contributed by atoms with Crippen molar-refractivity contribution in [2.45, 2.75) is 0 Å². The van der Waals surface area contributed by atoms with Crippen molar-refractivity contribution in [2.24, 2.45) is 0 Å². The van der Waals surface area contributed by atoms with Crippen molar-refractivity contribution in [2.75, 3.05) is 24.3 Å². The van der Waals surface area contributed by atoms with Crippen LogP contribution in [0.2, 0.25) is 5.02 Å². The van der Waals surface area contributed by atoms with Crippen molar-refractivity contribution in [3.05, 3.63) is 53.6 Å². The Bertz CT molecular complexity index is 769. The van der Waals surface area contributed by atoms with Crippen molar-refractivity contribution in [3.63, 3.8) is 0 Å². The highest BCUT2D eigenvalue weighted by molar-refractivity contribution is 6.30. The van der Waals surface area contributed by atoms with Crippen LogP contribution in [0.5, 0.6) is 0 Å². The fourth-order valence-electron chi connectivity index (χ4n) is 2.12. The second-order valence-electron chi connectivity index (χ2n) is 4.91. The zero-order chi connectivity index (χ0) is 14.8. The molecular weight excluding hydrogens is 284 g/mol. The molecule has 0 spiro atoms. The number of aromatic nitrogens is 2. The van der Waals surface area contributed by atoms with Gasteiger partial charge in [0, 0.05) is 30.2 Å². The van der Waals surface area contributed by atoms with Gasteiger partial charge >= 0.3 is 0 Å². The summed E-state index contributed by atoms with van der Waals surface area (Å²) in [5.74, 6) is 1.46. The molecule has 0 saturated carbocycles. The maximum absolute atomic E-state index is 5.89. The first-order valence-corrected chi connectivity index (χ1v) is 6.98. The lowest BCUT2D eigenvalue weighted by Crippen LogP contribution is -2.13. The summed E-state index contributed by atoms with van der Waals surface area (Å²) >= 11 is 5.89. The molecule has 4 nitrogen and oxygen atoms in total. The SMILES string of the molecule is CN(C)c1nc(Nc2ccc(Cl)cc2)nc2ccccc12. The Morgan fingerprint density at radius 3 is 2.38 bits per heavy atom. The molecule has 1 heterocycles. The third-order valence-electron chi connectivity index (χ3n) is 3.11. The molecular formula is C16H15ClN4. The molecule has 0 amide bonds. The van der Waals surface area contributed by atoms with Gasteiger partial charge in [0.15, 0.2) is 0 Å². The van der Waals surface area contributed by atoms with Gasteiger partial charge in [-0.2, -0.15) is 4.98 Å². The first-order valence-electron chi connectivity index (χ1n) is 6.60. The molecule has 5 heteroatoms. The van der Waals surface area contributed by atoms with Gasteiger partial charge in [-0.05, 0) is 36.4 Å². The van der Waals surface area contributed by atoms with Crippen molar-refractivity contribution in [1.82, 2.24) is 9.97 Å². The predicted octanol–water partition coefficient (Wildman–Crippen LogP) is 4.09. The molecule has 21 heavy (non-hydrogen) atoms. The highest BCUT2D eigenvalue weighted by Crippen LogP contribution is 2.25. The van der Waals surface area contributed by atoms with Crippen LogP contribution in [0.25, 0.3) is 10.9 Å². The molecule has 0 bridgehead atoms. The minimum Gasteiger partial charge on any atom is -0.362 e. The van der Waals surface area contributed by atoms with Crippen LogP contribution in [0, 0.1) is 0 Å². The minimum atomic E-state index is 0.569. The van der Waals surface area contributed by atoms with Crippen LogP contribution in [-0.4, -0.2) is 24.1 Å². The number of nitrogens with one attached hydrogen (secondary N) is 1. The molecule has 1 aromatic heterocycles. The molecule has 1 N–H and O–H groups in total. The molecule has 0 aliphatic carbocycles. The lowest BCUT2D eigenvalue weighted by molar-refractivity contribution is 1.06. The molecule has 0 aliphatic heterocycles. The lowest BCUT2D eigenvalue weighted by atomic mass is 10.2. The van der Waals surface area contributed by atoms with Crippen molar-refractivity contribution in [3.8, 4) is 0 Å². The molecule has 0 aliphatic rings. The minimum absolute atomic E-state index is 0.569. The molecule has 3 rings (SSSR count). The van der Waals surface area contributed by atoms with Crippen LogP contribution in [0.3, 0.4) is 0 Å². The summed E-state index contributed by atoms with van der Waals surface area (Å²) in [7, 11) is 3.95. The third-order valence-corrected chi connectivity index (χ3v) is 3.36. The van der Waals surface area contributed by atoms with Gasteiger partial charge < -0.3 is 10.2 Å². The number of hydrogen-bond acceptors (Lipinski definition) is 4. The Hall–Kier alpha value is -2.33. The highest BCUT2D eigenvalue weighted by atomic mass is 35.5. The summed E-state index contributed by atoms with van der Waals surface area (Å²) in [6.07, 6.45) is 0. The number of benzene rings is 2. The molecule has 0 unspecified atom stereocenters. The summed E-state index contributed by atoms with van der Waals surface area (Å²) in [6, 6.07) is 15.4. The van der Waals surface area contributed by atoms with Crippen LogP contribution in [-0.2, 0) is 0 Å². The summed E-state index contributed by atoms with van der Waals surface area (Å²) in [5, 5.41) is 4.95. The molecule has 0 fully saturated rings. The largest absolute Gasteiger partial charge is 0.362 e. The fourth-order valence-corrected chi connectivity index (χ4v) is 2.24. The van der Waals surface area contributed by atoms with Crippen LogP contribution < -0.4 is 10.2 Å². The van der Waals surface area contributed by atoms with Gasteiger partial charge in [-0.3, -0.25) is 0 Å². The van der Waals surface area contributed by atoms with E-state index >= 15 is 0 Å². The van der Waals surface area contributed by atoms with Crippen LogP contribution >= 0.6 is 11.6 Å². The van der Waals surface area contributed by atoms with Crippen LogP contribution in [0.4, 0.5) is 17.5 Å². The Kier molecular flexibility index (Phi) is 3.62. The summed E-state index contributed by atoms with van der Waals surface area (Å²) in [6.45, 7) is 0. The van der Waals surface area contributed by atoms with Crippen LogP contribution in [0.1, 0.15) is 0 Å².